The van der Waals surface area contributed by atoms with Gasteiger partial charge in [0, 0.05) is 12.6 Å². The number of ether oxygens (including phenoxy) is 1. The van der Waals surface area contributed by atoms with Gasteiger partial charge in [0.15, 0.2) is 11.6 Å². The molecule has 0 radical (unpaired) electrons. The van der Waals surface area contributed by atoms with Gasteiger partial charge in [0.2, 0.25) is 0 Å². The van der Waals surface area contributed by atoms with Gasteiger partial charge >= 0.3 is 0 Å². The van der Waals surface area contributed by atoms with Crippen LogP contribution < -0.4 is 5.32 Å². The highest BCUT2D eigenvalue weighted by Crippen LogP contribution is 2.19. The summed E-state index contributed by atoms with van der Waals surface area (Å²) >= 11 is 0. The van der Waals surface area contributed by atoms with Gasteiger partial charge in [-0.2, -0.15) is 0 Å². The van der Waals surface area contributed by atoms with Crippen LogP contribution in [-0.2, 0) is 11.2 Å². The van der Waals surface area contributed by atoms with E-state index in [9.17, 15) is 8.78 Å². The molecular weight excluding hydrogens is 260 g/mol. The van der Waals surface area contributed by atoms with Crippen molar-refractivity contribution in [3.05, 3.63) is 35.4 Å². The first-order valence-corrected chi connectivity index (χ1v) is 7.42. The summed E-state index contributed by atoms with van der Waals surface area (Å²) in [6.45, 7) is 0.898. The Hall–Kier alpha value is -1.00. The van der Waals surface area contributed by atoms with Gasteiger partial charge in [-0.15, -0.1) is 0 Å². The summed E-state index contributed by atoms with van der Waals surface area (Å²) in [4.78, 5) is 0. The van der Waals surface area contributed by atoms with Gasteiger partial charge in [0.1, 0.15) is 0 Å². The zero-order valence-corrected chi connectivity index (χ0v) is 12.0. The van der Waals surface area contributed by atoms with E-state index < -0.39 is 11.6 Å². The fourth-order valence-corrected chi connectivity index (χ4v) is 2.76. The lowest BCUT2D eigenvalue weighted by atomic mass is 9.99. The lowest BCUT2D eigenvalue weighted by Gasteiger charge is -2.17. The van der Waals surface area contributed by atoms with E-state index in [-0.39, 0.29) is 0 Å². The summed E-state index contributed by atoms with van der Waals surface area (Å²) in [5.41, 5.74) is 0.834. The summed E-state index contributed by atoms with van der Waals surface area (Å²) < 4.78 is 31.7. The maximum atomic E-state index is 13.2. The van der Waals surface area contributed by atoms with Crippen molar-refractivity contribution in [2.24, 2.45) is 0 Å². The number of likely N-dealkylation sites (N-methyl/N-ethyl adjacent to an activating group) is 1. The largest absolute Gasteiger partial charge is 0.378 e. The molecule has 0 saturated carbocycles. The van der Waals surface area contributed by atoms with Crippen LogP contribution in [0.3, 0.4) is 0 Å². The molecule has 112 valence electrons. The average molecular weight is 283 g/mol. The van der Waals surface area contributed by atoms with Gasteiger partial charge in [0.25, 0.3) is 0 Å². The second-order valence-electron chi connectivity index (χ2n) is 5.50. The Morgan fingerprint density at radius 3 is 2.85 bits per heavy atom. The van der Waals surface area contributed by atoms with Crippen LogP contribution in [0, 0.1) is 11.6 Å². The fourth-order valence-electron chi connectivity index (χ4n) is 2.76. The summed E-state index contributed by atoms with van der Waals surface area (Å²) in [6, 6.07) is 4.44. The maximum absolute atomic E-state index is 13.2. The molecule has 20 heavy (non-hydrogen) atoms. The van der Waals surface area contributed by atoms with E-state index in [0.717, 1.165) is 37.9 Å². The monoisotopic (exact) mass is 283 g/mol. The topological polar surface area (TPSA) is 21.3 Å². The lowest BCUT2D eigenvalue weighted by Crippen LogP contribution is -2.27. The Morgan fingerprint density at radius 1 is 1.35 bits per heavy atom. The average Bonchev–Trinajstić information content (AvgIpc) is 2.95. The molecule has 2 rings (SSSR count). The molecule has 1 saturated heterocycles. The Balaban J connectivity index is 1.77. The van der Waals surface area contributed by atoms with E-state index in [2.05, 4.69) is 5.32 Å². The molecule has 0 bridgehead atoms. The number of benzene rings is 1. The first-order valence-electron chi connectivity index (χ1n) is 7.42. The summed E-state index contributed by atoms with van der Waals surface area (Å²) in [5, 5.41) is 3.25. The van der Waals surface area contributed by atoms with Crippen molar-refractivity contribution in [2.45, 2.75) is 50.7 Å². The van der Waals surface area contributed by atoms with Crippen molar-refractivity contribution in [1.29, 1.82) is 0 Å². The Kier molecular flexibility index (Phi) is 5.92. The van der Waals surface area contributed by atoms with Crippen LogP contribution in [0.15, 0.2) is 18.2 Å². The minimum atomic E-state index is -0.784. The van der Waals surface area contributed by atoms with Gasteiger partial charge in [0.05, 0.1) is 6.10 Å². The van der Waals surface area contributed by atoms with Gasteiger partial charge in [-0.05, 0) is 63.3 Å². The minimum Gasteiger partial charge on any atom is -0.378 e. The fraction of sp³-hybridized carbons (Fsp3) is 0.625. The molecule has 0 aromatic heterocycles. The maximum Gasteiger partial charge on any atom is 0.159 e. The molecule has 1 N–H and O–H groups in total. The molecule has 1 aliphatic rings. The van der Waals surface area contributed by atoms with Crippen LogP contribution in [0.2, 0.25) is 0 Å². The first kappa shape index (κ1) is 15.4. The van der Waals surface area contributed by atoms with E-state index in [0.29, 0.717) is 12.1 Å². The van der Waals surface area contributed by atoms with Crippen molar-refractivity contribution < 1.29 is 13.5 Å². The summed E-state index contributed by atoms with van der Waals surface area (Å²) in [7, 11) is 1.91. The third-order valence-electron chi connectivity index (χ3n) is 3.98. The number of halogens is 2. The number of rotatable bonds is 7. The van der Waals surface area contributed by atoms with Gasteiger partial charge < -0.3 is 10.1 Å². The number of nitrogens with one attached hydrogen (secondary N) is 1. The highest BCUT2D eigenvalue weighted by Gasteiger charge is 2.16. The quantitative estimate of drug-likeness (QED) is 0.827. The smallest absolute Gasteiger partial charge is 0.159 e. The Bertz CT molecular complexity index is 419. The number of hydrogen-bond donors (Lipinski definition) is 1. The molecule has 0 spiro atoms. The van der Waals surface area contributed by atoms with Crippen molar-refractivity contribution in [3.63, 3.8) is 0 Å². The molecule has 1 aromatic rings. The van der Waals surface area contributed by atoms with Crippen LogP contribution in [0.1, 0.15) is 37.7 Å². The van der Waals surface area contributed by atoms with Crippen molar-refractivity contribution >= 4 is 0 Å². The molecule has 2 unspecified atom stereocenters. The highest BCUT2D eigenvalue weighted by atomic mass is 19.2. The molecule has 1 heterocycles. The van der Waals surface area contributed by atoms with E-state index in [4.69, 9.17) is 4.74 Å². The zero-order chi connectivity index (χ0) is 14.4. The molecule has 0 amide bonds. The van der Waals surface area contributed by atoms with Crippen LogP contribution in [0.5, 0.6) is 0 Å². The SMILES string of the molecule is CNC(CCCC1CCCO1)Cc1ccc(F)c(F)c1. The van der Waals surface area contributed by atoms with Crippen molar-refractivity contribution in [3.8, 4) is 0 Å². The van der Waals surface area contributed by atoms with Gasteiger partial charge in [-0.1, -0.05) is 6.07 Å². The van der Waals surface area contributed by atoms with Crippen LogP contribution >= 0.6 is 0 Å². The van der Waals surface area contributed by atoms with Crippen molar-refractivity contribution in [1.82, 2.24) is 5.32 Å². The van der Waals surface area contributed by atoms with E-state index in [1.165, 1.54) is 25.0 Å². The first-order chi connectivity index (χ1) is 9.69. The third kappa shape index (κ3) is 4.53. The zero-order valence-electron chi connectivity index (χ0n) is 12.0. The molecule has 1 aromatic carbocycles. The van der Waals surface area contributed by atoms with E-state index in [1.807, 2.05) is 7.05 Å². The molecule has 2 nitrogen and oxygen atoms in total. The number of hydrogen-bond acceptors (Lipinski definition) is 2. The Labute approximate surface area is 119 Å². The predicted molar refractivity (Wildman–Crippen MR) is 75.7 cm³/mol. The normalized spacial score (nSPS) is 20.2. The molecule has 1 aliphatic heterocycles. The molecule has 0 aliphatic carbocycles. The van der Waals surface area contributed by atoms with E-state index >= 15 is 0 Å². The Morgan fingerprint density at radius 2 is 2.20 bits per heavy atom. The minimum absolute atomic E-state index is 0.293. The molecular formula is C16H23F2NO. The van der Waals surface area contributed by atoms with Crippen LogP contribution in [-0.4, -0.2) is 25.8 Å². The predicted octanol–water partition coefficient (Wildman–Crippen LogP) is 3.44. The second-order valence-corrected chi connectivity index (χ2v) is 5.50. The molecule has 1 fully saturated rings. The molecule has 2 atom stereocenters. The highest BCUT2D eigenvalue weighted by molar-refractivity contribution is 5.18. The van der Waals surface area contributed by atoms with Gasteiger partial charge in [-0.25, -0.2) is 8.78 Å². The standard InChI is InChI=1S/C16H23F2NO/c1-19-13(4-2-5-14-6-3-9-20-14)10-12-7-8-15(17)16(18)11-12/h7-8,11,13-14,19H,2-6,9-10H2,1H3. The van der Waals surface area contributed by atoms with Crippen LogP contribution in [0.25, 0.3) is 0 Å². The van der Waals surface area contributed by atoms with Crippen LogP contribution in [0.4, 0.5) is 8.78 Å². The lowest BCUT2D eigenvalue weighted by molar-refractivity contribution is 0.101. The summed E-state index contributed by atoms with van der Waals surface area (Å²) in [6.07, 6.45) is 6.71. The van der Waals surface area contributed by atoms with Crippen molar-refractivity contribution in [2.75, 3.05) is 13.7 Å². The second kappa shape index (κ2) is 7.70. The van der Waals surface area contributed by atoms with Gasteiger partial charge in [-0.3, -0.25) is 0 Å². The molecule has 4 heteroatoms. The third-order valence-corrected chi connectivity index (χ3v) is 3.98. The van der Waals surface area contributed by atoms with E-state index in [1.54, 1.807) is 6.07 Å². The summed E-state index contributed by atoms with van der Waals surface area (Å²) in [5.74, 6) is -1.55.